The average molecular weight is 287 g/mol. The fraction of sp³-hybridized carbons (Fsp3) is 0.900. The second kappa shape index (κ2) is 7.89. The topological polar surface area (TPSA) is 80.5 Å². The Kier molecular flexibility index (Phi) is 8.83. The molecule has 0 saturated carbocycles. The van der Waals surface area contributed by atoms with Crippen molar-refractivity contribution in [1.82, 2.24) is 4.90 Å². The summed E-state index contributed by atoms with van der Waals surface area (Å²) >= 11 is 0. The highest BCUT2D eigenvalue weighted by Crippen LogP contribution is 2.03. The summed E-state index contributed by atoms with van der Waals surface area (Å²) in [5, 5.41) is 0. The number of nitrogens with two attached hydrogens (primary N) is 1. The van der Waals surface area contributed by atoms with Gasteiger partial charge in [0.15, 0.2) is 0 Å². The number of sulfone groups is 1. The van der Waals surface area contributed by atoms with Gasteiger partial charge in [0, 0.05) is 19.3 Å². The van der Waals surface area contributed by atoms with Crippen LogP contribution in [0.2, 0.25) is 0 Å². The lowest BCUT2D eigenvalue weighted by atomic mass is 10.0. The van der Waals surface area contributed by atoms with Gasteiger partial charge < -0.3 is 10.6 Å². The van der Waals surface area contributed by atoms with Crippen LogP contribution in [-0.4, -0.2) is 50.4 Å². The molecule has 5 nitrogen and oxygen atoms in total. The molecular formula is C10H23ClN2O3S. The van der Waals surface area contributed by atoms with Gasteiger partial charge in [-0.15, -0.1) is 12.4 Å². The second-order valence-electron chi connectivity index (χ2n) is 4.32. The van der Waals surface area contributed by atoms with Gasteiger partial charge in [-0.1, -0.05) is 13.8 Å². The molecule has 0 bridgehead atoms. The van der Waals surface area contributed by atoms with E-state index in [-0.39, 0.29) is 36.5 Å². The smallest absolute Gasteiger partial charge is 0.239 e. The fourth-order valence-corrected chi connectivity index (χ4v) is 1.75. The van der Waals surface area contributed by atoms with E-state index in [9.17, 15) is 13.2 Å². The molecule has 2 N–H and O–H groups in total. The number of carbonyl (C=O) groups excluding carboxylic acids is 1. The maximum absolute atomic E-state index is 11.8. The van der Waals surface area contributed by atoms with E-state index in [0.717, 1.165) is 6.26 Å². The van der Waals surface area contributed by atoms with Gasteiger partial charge in [-0.05, 0) is 12.8 Å². The average Bonchev–Trinajstić information content (AvgIpc) is 2.15. The zero-order valence-electron chi connectivity index (χ0n) is 10.8. The number of halogens is 1. The summed E-state index contributed by atoms with van der Waals surface area (Å²) in [5.41, 5.74) is 5.74. The third-order valence-electron chi connectivity index (χ3n) is 2.43. The molecule has 0 aromatic carbocycles. The van der Waals surface area contributed by atoms with E-state index < -0.39 is 15.9 Å². The molecule has 1 amide bonds. The monoisotopic (exact) mass is 286 g/mol. The first-order chi connectivity index (χ1) is 7.19. The van der Waals surface area contributed by atoms with Crippen LogP contribution in [-0.2, 0) is 14.6 Å². The first-order valence-electron chi connectivity index (χ1n) is 5.41. The van der Waals surface area contributed by atoms with E-state index in [1.54, 1.807) is 0 Å². The summed E-state index contributed by atoms with van der Waals surface area (Å²) in [6.07, 6.45) is 1.16. The highest BCUT2D eigenvalue weighted by Gasteiger charge is 2.23. The Morgan fingerprint density at radius 3 is 2.12 bits per heavy atom. The zero-order valence-corrected chi connectivity index (χ0v) is 12.5. The van der Waals surface area contributed by atoms with E-state index in [0.29, 0.717) is 6.54 Å². The van der Waals surface area contributed by atoms with Crippen LogP contribution in [0.25, 0.3) is 0 Å². The first kappa shape index (κ1) is 19.0. The third-order valence-corrected chi connectivity index (χ3v) is 3.35. The largest absolute Gasteiger partial charge is 0.341 e. The van der Waals surface area contributed by atoms with Crippen LogP contribution >= 0.6 is 12.4 Å². The van der Waals surface area contributed by atoms with Crippen LogP contribution < -0.4 is 5.73 Å². The van der Waals surface area contributed by atoms with Crippen molar-refractivity contribution in [2.24, 2.45) is 11.7 Å². The van der Waals surface area contributed by atoms with Crippen LogP contribution in [0, 0.1) is 5.92 Å². The number of nitrogens with zero attached hydrogens (tertiary/aromatic N) is 1. The fourth-order valence-electron chi connectivity index (χ4n) is 1.20. The number of amides is 1. The Labute approximate surface area is 110 Å². The number of hydrogen-bond donors (Lipinski definition) is 1. The molecule has 0 aromatic heterocycles. The molecule has 0 aromatic rings. The van der Waals surface area contributed by atoms with Gasteiger partial charge in [-0.25, -0.2) is 8.42 Å². The minimum Gasteiger partial charge on any atom is -0.341 e. The van der Waals surface area contributed by atoms with Crippen molar-refractivity contribution in [3.8, 4) is 0 Å². The van der Waals surface area contributed by atoms with Gasteiger partial charge >= 0.3 is 0 Å². The van der Waals surface area contributed by atoms with Crippen molar-refractivity contribution in [1.29, 1.82) is 0 Å². The standard InChI is InChI=1S/C10H22N2O3S.ClH/c1-5-12(6-7-16(4,14)15)10(13)9(11)8(2)3;/h8-9H,5-7,11H2,1-4H3;1H/t9-;/m0./s1. The Morgan fingerprint density at radius 1 is 1.35 bits per heavy atom. The summed E-state index contributed by atoms with van der Waals surface area (Å²) in [4.78, 5) is 13.3. The minimum absolute atomic E-state index is 0. The minimum atomic E-state index is -3.04. The molecule has 0 aliphatic rings. The van der Waals surface area contributed by atoms with Gasteiger partial charge in [-0.3, -0.25) is 4.79 Å². The van der Waals surface area contributed by atoms with Crippen molar-refractivity contribution >= 4 is 28.2 Å². The maximum Gasteiger partial charge on any atom is 0.239 e. The molecule has 0 aliphatic heterocycles. The Hall–Kier alpha value is -0.330. The van der Waals surface area contributed by atoms with Crippen molar-refractivity contribution in [2.45, 2.75) is 26.8 Å². The normalized spacial score (nSPS) is 13.1. The number of carbonyl (C=O) groups is 1. The molecule has 0 aliphatic carbocycles. The van der Waals surface area contributed by atoms with Gasteiger partial charge in [-0.2, -0.15) is 0 Å². The molecule has 0 saturated heterocycles. The lowest BCUT2D eigenvalue weighted by Crippen LogP contribution is -2.47. The Morgan fingerprint density at radius 2 is 1.82 bits per heavy atom. The Balaban J connectivity index is 0. The van der Waals surface area contributed by atoms with Crippen molar-refractivity contribution in [2.75, 3.05) is 25.1 Å². The molecule has 0 spiro atoms. The first-order valence-corrected chi connectivity index (χ1v) is 7.47. The highest BCUT2D eigenvalue weighted by atomic mass is 35.5. The molecule has 0 rings (SSSR count). The van der Waals surface area contributed by atoms with Gasteiger partial charge in [0.2, 0.25) is 5.91 Å². The van der Waals surface area contributed by atoms with E-state index in [2.05, 4.69) is 0 Å². The summed E-state index contributed by atoms with van der Waals surface area (Å²) in [7, 11) is -3.04. The maximum atomic E-state index is 11.8. The lowest BCUT2D eigenvalue weighted by molar-refractivity contribution is -0.133. The summed E-state index contributed by atoms with van der Waals surface area (Å²) in [5.74, 6) is -0.141. The molecule has 104 valence electrons. The van der Waals surface area contributed by atoms with E-state index in [1.807, 2.05) is 20.8 Å². The van der Waals surface area contributed by atoms with Crippen LogP contribution in [0.15, 0.2) is 0 Å². The summed E-state index contributed by atoms with van der Waals surface area (Å²) in [6, 6.07) is -0.556. The van der Waals surface area contributed by atoms with E-state index in [4.69, 9.17) is 5.73 Å². The summed E-state index contributed by atoms with van der Waals surface area (Å²) in [6.45, 7) is 6.25. The van der Waals surface area contributed by atoms with Crippen molar-refractivity contribution in [3.63, 3.8) is 0 Å². The van der Waals surface area contributed by atoms with Gasteiger partial charge in [0.05, 0.1) is 11.8 Å². The Bertz CT molecular complexity index is 330. The van der Waals surface area contributed by atoms with Crippen LogP contribution in [0.1, 0.15) is 20.8 Å². The summed E-state index contributed by atoms with van der Waals surface area (Å²) < 4.78 is 22.0. The van der Waals surface area contributed by atoms with E-state index >= 15 is 0 Å². The lowest BCUT2D eigenvalue weighted by Gasteiger charge is -2.25. The van der Waals surface area contributed by atoms with Crippen LogP contribution in [0.4, 0.5) is 0 Å². The predicted molar refractivity (Wildman–Crippen MR) is 72.0 cm³/mol. The molecule has 0 fully saturated rings. The SMILES string of the molecule is CCN(CCS(C)(=O)=O)C(=O)[C@@H](N)C(C)C.Cl. The zero-order chi connectivity index (χ0) is 12.9. The van der Waals surface area contributed by atoms with Gasteiger partial charge in [0.1, 0.15) is 9.84 Å². The molecule has 7 heteroatoms. The number of rotatable bonds is 6. The molecule has 0 heterocycles. The van der Waals surface area contributed by atoms with Crippen molar-refractivity contribution in [3.05, 3.63) is 0 Å². The van der Waals surface area contributed by atoms with Crippen LogP contribution in [0.5, 0.6) is 0 Å². The van der Waals surface area contributed by atoms with Gasteiger partial charge in [0.25, 0.3) is 0 Å². The molecule has 17 heavy (non-hydrogen) atoms. The highest BCUT2D eigenvalue weighted by molar-refractivity contribution is 7.90. The van der Waals surface area contributed by atoms with E-state index in [1.165, 1.54) is 4.90 Å². The molecular weight excluding hydrogens is 264 g/mol. The molecule has 0 unspecified atom stereocenters. The molecule has 1 atom stereocenters. The number of likely N-dealkylation sites (N-methyl/N-ethyl adjacent to an activating group) is 1. The van der Waals surface area contributed by atoms with Crippen LogP contribution in [0.3, 0.4) is 0 Å². The quantitative estimate of drug-likeness (QED) is 0.761. The third kappa shape index (κ3) is 7.57. The number of hydrogen-bond acceptors (Lipinski definition) is 4. The molecule has 0 radical (unpaired) electrons. The second-order valence-corrected chi connectivity index (χ2v) is 6.58. The van der Waals surface area contributed by atoms with Crippen molar-refractivity contribution < 1.29 is 13.2 Å². The predicted octanol–water partition coefficient (Wildman–Crippen LogP) is 0.285.